The zero-order valence-electron chi connectivity index (χ0n) is 16.4. The second-order valence-electron chi connectivity index (χ2n) is 7.20. The van der Waals surface area contributed by atoms with Crippen molar-refractivity contribution < 1.29 is 22.7 Å². The number of carbonyl (C=O) groups is 2. The normalized spacial score (nSPS) is 19.0. The van der Waals surface area contributed by atoms with Crippen molar-refractivity contribution in [2.75, 3.05) is 12.3 Å². The number of benzene rings is 1. The summed E-state index contributed by atoms with van der Waals surface area (Å²) in [6, 6.07) is 6.59. The zero-order chi connectivity index (χ0) is 20.5. The molecule has 1 aliphatic rings. The second-order valence-corrected chi connectivity index (χ2v) is 9.24. The lowest BCUT2D eigenvalue weighted by molar-refractivity contribution is -0.150. The summed E-state index contributed by atoms with van der Waals surface area (Å²) in [6.45, 7) is 5.43. The Balaban J connectivity index is 1.76. The van der Waals surface area contributed by atoms with Crippen LogP contribution in [0, 0.1) is 6.92 Å². The van der Waals surface area contributed by atoms with Crippen LogP contribution in [0.2, 0.25) is 0 Å². The van der Waals surface area contributed by atoms with Crippen LogP contribution in [-0.2, 0) is 19.6 Å². The molecule has 0 bridgehead atoms. The number of aromatic nitrogens is 1. The van der Waals surface area contributed by atoms with Crippen LogP contribution in [0.25, 0.3) is 10.9 Å². The van der Waals surface area contributed by atoms with E-state index in [1.165, 1.54) is 11.2 Å². The van der Waals surface area contributed by atoms with E-state index in [0.29, 0.717) is 37.1 Å². The fraction of sp³-hybridized carbons (Fsp3) is 0.500. The largest absolute Gasteiger partial charge is 0.453 e. The van der Waals surface area contributed by atoms with Crippen molar-refractivity contribution in [1.82, 2.24) is 9.29 Å². The van der Waals surface area contributed by atoms with Crippen molar-refractivity contribution in [3.63, 3.8) is 0 Å². The zero-order valence-corrected chi connectivity index (χ0v) is 17.2. The average Bonchev–Trinajstić information content (AvgIpc) is 3.25. The van der Waals surface area contributed by atoms with E-state index in [0.717, 1.165) is 10.9 Å². The van der Waals surface area contributed by atoms with Crippen LogP contribution in [0.1, 0.15) is 49.2 Å². The standard InChI is InChI=1S/C20H26N2O5S/c1-4-12-28(25,26)22-11-7-10-17(22)20(24)27-14(3)19(23)18-13(2)21-16-9-6-5-8-15(16)18/h5-6,8-9,14,17,21H,4,7,10-12H2,1-3H3/t14-,17+/m1/s1. The molecule has 0 amide bonds. The number of aromatic amines is 1. The van der Waals surface area contributed by atoms with Gasteiger partial charge in [-0.2, -0.15) is 4.31 Å². The number of hydrogen-bond acceptors (Lipinski definition) is 5. The number of H-pyrrole nitrogens is 1. The molecule has 0 aliphatic carbocycles. The third-order valence-electron chi connectivity index (χ3n) is 5.10. The molecule has 2 heterocycles. The van der Waals surface area contributed by atoms with Crippen LogP contribution in [0.4, 0.5) is 0 Å². The summed E-state index contributed by atoms with van der Waals surface area (Å²) in [5.74, 6) is -0.959. The second kappa shape index (κ2) is 8.05. The van der Waals surface area contributed by atoms with E-state index in [2.05, 4.69) is 4.98 Å². The van der Waals surface area contributed by atoms with Crippen LogP contribution in [0.15, 0.2) is 24.3 Å². The molecule has 7 nitrogen and oxygen atoms in total. The molecule has 1 aromatic heterocycles. The van der Waals surface area contributed by atoms with E-state index < -0.39 is 28.1 Å². The minimum absolute atomic E-state index is 0.000200. The maximum absolute atomic E-state index is 12.9. The molecule has 1 saturated heterocycles. The SMILES string of the molecule is CCCS(=O)(=O)N1CCC[C@H]1C(=O)O[C@H](C)C(=O)c1c(C)[nH]c2ccccc12. The number of Topliss-reactive ketones (excluding diaryl/α,β-unsaturated/α-hetero) is 1. The molecule has 2 aromatic rings. The van der Waals surface area contributed by atoms with Crippen LogP contribution in [0.5, 0.6) is 0 Å². The summed E-state index contributed by atoms with van der Waals surface area (Å²) in [5, 5.41) is 0.779. The molecule has 1 aromatic carbocycles. The predicted octanol–water partition coefficient (Wildman–Crippen LogP) is 2.79. The minimum Gasteiger partial charge on any atom is -0.453 e. The number of sulfonamides is 1. The van der Waals surface area contributed by atoms with Gasteiger partial charge in [0.1, 0.15) is 6.04 Å². The lowest BCUT2D eigenvalue weighted by Crippen LogP contribution is -2.43. The topological polar surface area (TPSA) is 96.5 Å². The number of ether oxygens (including phenoxy) is 1. The van der Waals surface area contributed by atoms with Gasteiger partial charge in [0, 0.05) is 28.7 Å². The maximum atomic E-state index is 12.9. The monoisotopic (exact) mass is 406 g/mol. The Hall–Kier alpha value is -2.19. The van der Waals surface area contributed by atoms with Gasteiger partial charge in [-0.1, -0.05) is 25.1 Å². The number of hydrogen-bond donors (Lipinski definition) is 1. The summed E-state index contributed by atoms with van der Waals surface area (Å²) < 4.78 is 31.4. The molecule has 3 rings (SSSR count). The molecule has 0 radical (unpaired) electrons. The molecular formula is C20H26N2O5S. The summed E-state index contributed by atoms with van der Waals surface area (Å²) in [4.78, 5) is 28.8. The molecule has 2 atom stereocenters. The number of ketones is 1. The Morgan fingerprint density at radius 2 is 2.04 bits per heavy atom. The number of nitrogens with zero attached hydrogens (tertiary/aromatic N) is 1. The first kappa shape index (κ1) is 20.5. The summed E-state index contributed by atoms with van der Waals surface area (Å²) in [6.07, 6.45) is 0.498. The highest BCUT2D eigenvalue weighted by Crippen LogP contribution is 2.26. The van der Waals surface area contributed by atoms with Gasteiger partial charge in [-0.3, -0.25) is 9.59 Å². The number of aryl methyl sites for hydroxylation is 1. The molecule has 28 heavy (non-hydrogen) atoms. The third kappa shape index (κ3) is 3.84. The minimum atomic E-state index is -3.50. The highest BCUT2D eigenvalue weighted by atomic mass is 32.2. The van der Waals surface area contributed by atoms with Crippen molar-refractivity contribution in [3.8, 4) is 0 Å². The van der Waals surface area contributed by atoms with E-state index in [1.54, 1.807) is 13.8 Å². The van der Waals surface area contributed by atoms with Gasteiger partial charge in [0.05, 0.1) is 5.75 Å². The smallest absolute Gasteiger partial charge is 0.325 e. The summed E-state index contributed by atoms with van der Waals surface area (Å²) in [5.41, 5.74) is 2.05. The van der Waals surface area contributed by atoms with E-state index in [9.17, 15) is 18.0 Å². The number of para-hydroxylation sites is 1. The molecule has 0 saturated carbocycles. The van der Waals surface area contributed by atoms with Crippen molar-refractivity contribution in [3.05, 3.63) is 35.5 Å². The number of nitrogens with one attached hydrogen (secondary N) is 1. The number of esters is 1. The predicted molar refractivity (Wildman–Crippen MR) is 107 cm³/mol. The first-order valence-electron chi connectivity index (χ1n) is 9.57. The van der Waals surface area contributed by atoms with Gasteiger partial charge in [-0.25, -0.2) is 8.42 Å². The van der Waals surface area contributed by atoms with Gasteiger partial charge < -0.3 is 9.72 Å². The molecule has 8 heteroatoms. The van der Waals surface area contributed by atoms with Crippen molar-refractivity contribution >= 4 is 32.7 Å². The number of rotatable bonds is 7. The summed E-state index contributed by atoms with van der Waals surface area (Å²) >= 11 is 0. The fourth-order valence-electron chi connectivity index (χ4n) is 3.79. The highest BCUT2D eigenvalue weighted by molar-refractivity contribution is 7.89. The fourth-order valence-corrected chi connectivity index (χ4v) is 5.52. The maximum Gasteiger partial charge on any atom is 0.325 e. The molecule has 0 unspecified atom stereocenters. The number of fused-ring (bicyclic) bond motifs is 1. The van der Waals surface area contributed by atoms with Crippen molar-refractivity contribution in [1.29, 1.82) is 0 Å². The quantitative estimate of drug-likeness (QED) is 0.563. The lowest BCUT2D eigenvalue weighted by atomic mass is 10.0. The number of carbonyl (C=O) groups excluding carboxylic acids is 2. The van der Waals surface area contributed by atoms with Gasteiger partial charge in [-0.05, 0) is 39.2 Å². The summed E-state index contributed by atoms with van der Waals surface area (Å²) in [7, 11) is -3.50. The lowest BCUT2D eigenvalue weighted by Gasteiger charge is -2.23. The Bertz CT molecular complexity index is 995. The van der Waals surface area contributed by atoms with Crippen molar-refractivity contribution in [2.45, 2.75) is 52.2 Å². The molecule has 0 spiro atoms. The van der Waals surface area contributed by atoms with Gasteiger partial charge in [-0.15, -0.1) is 0 Å². The van der Waals surface area contributed by atoms with Gasteiger partial charge in [0.2, 0.25) is 15.8 Å². The van der Waals surface area contributed by atoms with Crippen LogP contribution >= 0.6 is 0 Å². The van der Waals surface area contributed by atoms with Crippen molar-refractivity contribution in [2.24, 2.45) is 0 Å². The van der Waals surface area contributed by atoms with Crippen LogP contribution in [0.3, 0.4) is 0 Å². The Kier molecular flexibility index (Phi) is 5.90. The highest BCUT2D eigenvalue weighted by Gasteiger charge is 2.40. The third-order valence-corrected chi connectivity index (χ3v) is 7.17. The van der Waals surface area contributed by atoms with E-state index in [-0.39, 0.29) is 11.5 Å². The average molecular weight is 407 g/mol. The Morgan fingerprint density at radius 1 is 1.32 bits per heavy atom. The van der Waals surface area contributed by atoms with Crippen LogP contribution < -0.4 is 0 Å². The van der Waals surface area contributed by atoms with E-state index in [4.69, 9.17) is 4.74 Å². The van der Waals surface area contributed by atoms with Crippen LogP contribution in [-0.4, -0.2) is 53.9 Å². The first-order chi connectivity index (χ1) is 13.3. The molecule has 1 aliphatic heterocycles. The molecule has 1 N–H and O–H groups in total. The Labute approximate surface area is 165 Å². The van der Waals surface area contributed by atoms with Gasteiger partial charge >= 0.3 is 5.97 Å². The first-order valence-corrected chi connectivity index (χ1v) is 11.2. The van der Waals surface area contributed by atoms with E-state index >= 15 is 0 Å². The molecule has 1 fully saturated rings. The van der Waals surface area contributed by atoms with Gasteiger partial charge in [0.25, 0.3) is 0 Å². The molecular weight excluding hydrogens is 380 g/mol. The van der Waals surface area contributed by atoms with Gasteiger partial charge in [0.15, 0.2) is 6.10 Å². The molecule has 152 valence electrons. The Morgan fingerprint density at radius 3 is 2.75 bits per heavy atom. The van der Waals surface area contributed by atoms with E-state index in [1.807, 2.05) is 24.3 Å².